The molecule has 0 saturated heterocycles. The second-order valence-corrected chi connectivity index (χ2v) is 6.99. The molecule has 0 aliphatic carbocycles. The first-order valence-electron chi connectivity index (χ1n) is 10.0. The van der Waals surface area contributed by atoms with Gasteiger partial charge in [0, 0.05) is 17.7 Å². The minimum Gasteiger partial charge on any atom is -0.482 e. The summed E-state index contributed by atoms with van der Waals surface area (Å²) in [6.45, 7) is 3.36. The number of amides is 2. The van der Waals surface area contributed by atoms with E-state index in [2.05, 4.69) is 5.32 Å². The average Bonchev–Trinajstić information content (AvgIpc) is 2.77. The maximum atomic E-state index is 12.8. The fraction of sp³-hybridized carbons (Fsp3) is 0.304. The summed E-state index contributed by atoms with van der Waals surface area (Å²) in [5, 5.41) is 2.78. The number of carbonyl (C=O) groups excluding carboxylic acids is 4. The van der Waals surface area contributed by atoms with Crippen molar-refractivity contribution in [3.05, 3.63) is 54.1 Å². The summed E-state index contributed by atoms with van der Waals surface area (Å²) >= 11 is 0. The molecule has 1 aliphatic heterocycles. The van der Waals surface area contributed by atoms with Gasteiger partial charge >= 0.3 is 5.97 Å². The summed E-state index contributed by atoms with van der Waals surface area (Å²) in [5.74, 6) is -1.07. The highest BCUT2D eigenvalue weighted by molar-refractivity contribution is 6.08. The fourth-order valence-electron chi connectivity index (χ4n) is 3.25. The van der Waals surface area contributed by atoms with Gasteiger partial charge in [-0.1, -0.05) is 18.2 Å². The highest BCUT2D eigenvalue weighted by atomic mass is 16.5. The molecule has 0 radical (unpaired) electrons. The van der Waals surface area contributed by atoms with E-state index >= 15 is 0 Å². The van der Waals surface area contributed by atoms with Crippen molar-refractivity contribution in [1.82, 2.24) is 0 Å². The molecule has 1 unspecified atom stereocenters. The Morgan fingerprint density at radius 2 is 1.87 bits per heavy atom. The number of Topliss-reactive ketones (excluding diaryl/α,β-unsaturated/α-hetero) is 1. The third kappa shape index (κ3) is 5.28. The second kappa shape index (κ2) is 9.88. The lowest BCUT2D eigenvalue weighted by molar-refractivity contribution is -0.143. The summed E-state index contributed by atoms with van der Waals surface area (Å²) in [6.07, 6.45) is -0.0464. The number of ketones is 1. The van der Waals surface area contributed by atoms with Gasteiger partial charge in [0.2, 0.25) is 5.91 Å². The number of para-hydroxylation sites is 1. The molecule has 1 atom stereocenters. The smallest absolute Gasteiger partial charge is 0.306 e. The summed E-state index contributed by atoms with van der Waals surface area (Å²) in [4.78, 5) is 50.8. The van der Waals surface area contributed by atoms with Crippen LogP contribution in [-0.4, -0.2) is 42.8 Å². The monoisotopic (exact) mass is 424 g/mol. The van der Waals surface area contributed by atoms with Crippen LogP contribution in [0.1, 0.15) is 37.0 Å². The van der Waals surface area contributed by atoms with Crippen LogP contribution in [0.3, 0.4) is 0 Å². The molecule has 0 spiro atoms. The largest absolute Gasteiger partial charge is 0.482 e. The number of nitrogens with one attached hydrogen (secondary N) is 1. The van der Waals surface area contributed by atoms with Gasteiger partial charge in [-0.15, -0.1) is 0 Å². The van der Waals surface area contributed by atoms with Gasteiger partial charge in [0.05, 0.1) is 18.7 Å². The fourth-order valence-corrected chi connectivity index (χ4v) is 3.25. The zero-order valence-electron chi connectivity index (χ0n) is 17.4. The van der Waals surface area contributed by atoms with Crippen molar-refractivity contribution in [3.63, 3.8) is 0 Å². The number of anilines is 2. The predicted molar refractivity (Wildman–Crippen MR) is 114 cm³/mol. The molecule has 2 amide bonds. The standard InChI is InChI=1S/C23H24N2O6/c1-3-30-22(28)12-10-19(26)16-9-11-20-18(13-16)25(21(27)14-31-20)15(2)23(29)24-17-7-5-4-6-8-17/h4-9,11,13,15H,3,10,12,14H2,1-2H3,(H,24,29). The van der Waals surface area contributed by atoms with Crippen molar-refractivity contribution in [2.45, 2.75) is 32.7 Å². The molecule has 2 aromatic carbocycles. The first kappa shape index (κ1) is 22.0. The van der Waals surface area contributed by atoms with Gasteiger partial charge in [-0.3, -0.25) is 24.1 Å². The van der Waals surface area contributed by atoms with Gasteiger partial charge < -0.3 is 14.8 Å². The Kier molecular flexibility index (Phi) is 7.02. The van der Waals surface area contributed by atoms with E-state index < -0.39 is 12.0 Å². The molecule has 1 N–H and O–H groups in total. The third-order valence-electron chi connectivity index (χ3n) is 4.83. The number of esters is 1. The Labute approximate surface area is 180 Å². The van der Waals surface area contributed by atoms with E-state index in [1.54, 1.807) is 50.2 Å². The predicted octanol–water partition coefficient (Wildman–Crippen LogP) is 2.97. The number of carbonyl (C=O) groups is 4. The van der Waals surface area contributed by atoms with Gasteiger partial charge in [-0.2, -0.15) is 0 Å². The van der Waals surface area contributed by atoms with E-state index in [9.17, 15) is 19.2 Å². The van der Waals surface area contributed by atoms with Gasteiger partial charge in [-0.25, -0.2) is 0 Å². The van der Waals surface area contributed by atoms with E-state index in [-0.39, 0.29) is 43.7 Å². The van der Waals surface area contributed by atoms with Crippen molar-refractivity contribution >= 4 is 34.9 Å². The third-order valence-corrected chi connectivity index (χ3v) is 4.83. The summed E-state index contributed by atoms with van der Waals surface area (Å²) < 4.78 is 10.3. The molecule has 0 aromatic heterocycles. The lowest BCUT2D eigenvalue weighted by Crippen LogP contribution is -2.49. The van der Waals surface area contributed by atoms with Gasteiger partial charge in [0.25, 0.3) is 5.91 Å². The molecule has 0 bridgehead atoms. The molecule has 3 rings (SSSR count). The molecular formula is C23H24N2O6. The van der Waals surface area contributed by atoms with E-state index in [0.717, 1.165) is 0 Å². The first-order valence-corrected chi connectivity index (χ1v) is 10.0. The van der Waals surface area contributed by atoms with Crippen LogP contribution >= 0.6 is 0 Å². The number of benzene rings is 2. The number of rotatable bonds is 8. The second-order valence-electron chi connectivity index (χ2n) is 6.99. The van der Waals surface area contributed by atoms with Crippen LogP contribution in [0.25, 0.3) is 0 Å². The minimum absolute atomic E-state index is 0.0174. The van der Waals surface area contributed by atoms with Gasteiger partial charge in [-0.05, 0) is 44.2 Å². The number of hydrogen-bond acceptors (Lipinski definition) is 6. The zero-order chi connectivity index (χ0) is 22.4. The Balaban J connectivity index is 1.80. The van der Waals surface area contributed by atoms with Gasteiger partial charge in [0.15, 0.2) is 12.4 Å². The van der Waals surface area contributed by atoms with Crippen LogP contribution in [0.4, 0.5) is 11.4 Å². The van der Waals surface area contributed by atoms with E-state index in [1.807, 2.05) is 6.07 Å². The van der Waals surface area contributed by atoms with Crippen molar-refractivity contribution in [1.29, 1.82) is 0 Å². The van der Waals surface area contributed by atoms with Gasteiger partial charge in [0.1, 0.15) is 11.8 Å². The van der Waals surface area contributed by atoms with Crippen LogP contribution in [0.5, 0.6) is 5.75 Å². The highest BCUT2D eigenvalue weighted by Gasteiger charge is 2.33. The van der Waals surface area contributed by atoms with E-state index in [0.29, 0.717) is 22.7 Å². The molecule has 1 aliphatic rings. The maximum absolute atomic E-state index is 12.8. The number of ether oxygens (including phenoxy) is 2. The maximum Gasteiger partial charge on any atom is 0.306 e. The van der Waals surface area contributed by atoms with E-state index in [1.165, 1.54) is 11.0 Å². The normalized spacial score (nSPS) is 13.6. The van der Waals surface area contributed by atoms with E-state index in [4.69, 9.17) is 9.47 Å². The first-order chi connectivity index (χ1) is 14.9. The SMILES string of the molecule is CCOC(=O)CCC(=O)c1ccc2c(c1)N(C(C)C(=O)Nc1ccccc1)C(=O)CO2. The lowest BCUT2D eigenvalue weighted by Gasteiger charge is -2.33. The average molecular weight is 424 g/mol. The topological polar surface area (TPSA) is 102 Å². The Morgan fingerprint density at radius 1 is 1.13 bits per heavy atom. The number of nitrogens with zero attached hydrogens (tertiary/aromatic N) is 1. The van der Waals surface area contributed by atoms with Crippen LogP contribution in [-0.2, 0) is 19.1 Å². The summed E-state index contributed by atoms with van der Waals surface area (Å²) in [6, 6.07) is 12.8. The Morgan fingerprint density at radius 3 is 2.58 bits per heavy atom. The molecule has 2 aromatic rings. The molecular weight excluding hydrogens is 400 g/mol. The summed E-state index contributed by atoms with van der Waals surface area (Å²) in [5.41, 5.74) is 1.28. The quantitative estimate of drug-likeness (QED) is 0.516. The van der Waals surface area contributed by atoms with Crippen molar-refractivity contribution in [2.24, 2.45) is 0 Å². The lowest BCUT2D eigenvalue weighted by atomic mass is 10.0. The molecule has 162 valence electrons. The van der Waals surface area contributed by atoms with Crippen molar-refractivity contribution in [3.8, 4) is 5.75 Å². The van der Waals surface area contributed by atoms with Crippen LogP contribution < -0.4 is 15.0 Å². The van der Waals surface area contributed by atoms with Crippen LogP contribution in [0, 0.1) is 0 Å². The molecule has 0 fully saturated rings. The molecule has 0 saturated carbocycles. The van der Waals surface area contributed by atoms with Crippen LogP contribution in [0.15, 0.2) is 48.5 Å². The molecule has 8 heteroatoms. The molecule has 8 nitrogen and oxygen atoms in total. The Bertz CT molecular complexity index is 989. The number of hydrogen-bond donors (Lipinski definition) is 1. The molecule has 1 heterocycles. The zero-order valence-corrected chi connectivity index (χ0v) is 17.4. The van der Waals surface area contributed by atoms with Crippen molar-refractivity contribution < 1.29 is 28.7 Å². The number of fused-ring (bicyclic) bond motifs is 1. The van der Waals surface area contributed by atoms with Crippen LogP contribution in [0.2, 0.25) is 0 Å². The minimum atomic E-state index is -0.833. The highest BCUT2D eigenvalue weighted by Crippen LogP contribution is 2.35. The summed E-state index contributed by atoms with van der Waals surface area (Å²) in [7, 11) is 0. The van der Waals surface area contributed by atoms with Crippen molar-refractivity contribution in [2.75, 3.05) is 23.4 Å². The molecule has 31 heavy (non-hydrogen) atoms. The Hall–Kier alpha value is -3.68.